The van der Waals surface area contributed by atoms with Gasteiger partial charge in [0.2, 0.25) is 0 Å². The quantitative estimate of drug-likeness (QED) is 0.533. The molecule has 0 aliphatic rings. The third kappa shape index (κ3) is 4.95. The Morgan fingerprint density at radius 2 is 1.73 bits per heavy atom. The van der Waals surface area contributed by atoms with E-state index in [1.807, 2.05) is 30.3 Å². The minimum absolute atomic E-state index is 0.127. The number of rotatable bonds is 6. The first kappa shape index (κ1) is 17.2. The Labute approximate surface area is 150 Å². The highest BCUT2D eigenvalue weighted by Gasteiger charge is 2.06. The Morgan fingerprint density at radius 3 is 2.42 bits per heavy atom. The molecule has 0 saturated carbocycles. The molecule has 5 nitrogen and oxygen atoms in total. The lowest BCUT2D eigenvalue weighted by Gasteiger charge is -2.06. The summed E-state index contributed by atoms with van der Waals surface area (Å²) in [4.78, 5) is 23.8. The maximum absolute atomic E-state index is 12.2. The lowest BCUT2D eigenvalue weighted by molar-refractivity contribution is -0.138. The molecule has 0 saturated heterocycles. The highest BCUT2D eigenvalue weighted by molar-refractivity contribution is 6.04. The highest BCUT2D eigenvalue weighted by Crippen LogP contribution is 2.11. The van der Waals surface area contributed by atoms with Crippen LogP contribution in [0.2, 0.25) is 0 Å². The van der Waals surface area contributed by atoms with E-state index in [0.29, 0.717) is 11.3 Å². The summed E-state index contributed by atoms with van der Waals surface area (Å²) in [5.74, 6) is -0.0795. The molecular formula is C21H17NO4. The van der Waals surface area contributed by atoms with Gasteiger partial charge in [0.25, 0.3) is 5.91 Å². The summed E-state index contributed by atoms with van der Waals surface area (Å²) in [6, 6.07) is 19.6. The second-order valence-electron chi connectivity index (χ2n) is 5.47. The van der Waals surface area contributed by atoms with E-state index in [1.165, 1.54) is 12.3 Å². The molecule has 0 spiro atoms. The van der Waals surface area contributed by atoms with Gasteiger partial charge in [-0.2, -0.15) is 0 Å². The number of amides is 1. The van der Waals surface area contributed by atoms with E-state index in [-0.39, 0.29) is 12.5 Å². The lowest BCUT2D eigenvalue weighted by atomic mass is 10.1. The molecule has 0 aliphatic heterocycles. The van der Waals surface area contributed by atoms with E-state index in [9.17, 15) is 9.59 Å². The number of anilines is 1. The molecular weight excluding hydrogens is 330 g/mol. The number of hydrogen-bond acceptors (Lipinski definition) is 4. The Kier molecular flexibility index (Phi) is 5.62. The maximum Gasteiger partial charge on any atom is 0.331 e. The van der Waals surface area contributed by atoms with Crippen LogP contribution in [0.3, 0.4) is 0 Å². The average molecular weight is 347 g/mol. The molecule has 5 heteroatoms. The fourth-order valence-electron chi connectivity index (χ4n) is 2.22. The highest BCUT2D eigenvalue weighted by atomic mass is 16.5. The largest absolute Gasteiger partial charge is 0.465 e. The van der Waals surface area contributed by atoms with Crippen molar-refractivity contribution in [2.24, 2.45) is 0 Å². The van der Waals surface area contributed by atoms with Gasteiger partial charge in [0.1, 0.15) is 12.4 Å². The fraction of sp³-hybridized carbons (Fsp3) is 0.0476. The van der Waals surface area contributed by atoms with Crippen LogP contribution in [0.25, 0.3) is 6.08 Å². The van der Waals surface area contributed by atoms with Crippen LogP contribution < -0.4 is 5.32 Å². The predicted molar refractivity (Wildman–Crippen MR) is 98.4 cm³/mol. The minimum atomic E-state index is -0.465. The van der Waals surface area contributed by atoms with Crippen molar-refractivity contribution in [2.45, 2.75) is 6.61 Å². The maximum atomic E-state index is 12.2. The zero-order chi connectivity index (χ0) is 18.2. The molecule has 26 heavy (non-hydrogen) atoms. The monoisotopic (exact) mass is 347 g/mol. The van der Waals surface area contributed by atoms with E-state index < -0.39 is 5.97 Å². The normalized spacial score (nSPS) is 10.6. The number of ether oxygens (including phenoxy) is 1. The van der Waals surface area contributed by atoms with Crippen LogP contribution in [0.15, 0.2) is 83.5 Å². The predicted octanol–water partition coefficient (Wildman–Crippen LogP) is 4.29. The van der Waals surface area contributed by atoms with Gasteiger partial charge in [-0.15, -0.1) is 0 Å². The van der Waals surface area contributed by atoms with Crippen molar-refractivity contribution in [1.82, 2.24) is 0 Å². The van der Waals surface area contributed by atoms with E-state index in [2.05, 4.69) is 5.32 Å². The SMILES string of the molecule is O=C(C=Cc1ccco1)OCc1ccc(C(=O)Nc2ccccc2)cc1. The Bertz CT molecular complexity index is 882. The molecule has 130 valence electrons. The van der Waals surface area contributed by atoms with E-state index >= 15 is 0 Å². The zero-order valence-electron chi connectivity index (χ0n) is 13.9. The number of carbonyl (C=O) groups is 2. The smallest absolute Gasteiger partial charge is 0.331 e. The van der Waals surface area contributed by atoms with Gasteiger partial charge < -0.3 is 14.5 Å². The first-order chi connectivity index (χ1) is 12.7. The van der Waals surface area contributed by atoms with Crippen molar-refractivity contribution < 1.29 is 18.7 Å². The van der Waals surface area contributed by atoms with Crippen LogP contribution in [-0.4, -0.2) is 11.9 Å². The number of hydrogen-bond donors (Lipinski definition) is 1. The van der Waals surface area contributed by atoms with E-state index in [4.69, 9.17) is 9.15 Å². The van der Waals surface area contributed by atoms with Crippen LogP contribution in [-0.2, 0) is 16.1 Å². The van der Waals surface area contributed by atoms with Crippen molar-refractivity contribution in [3.8, 4) is 0 Å². The Morgan fingerprint density at radius 1 is 0.962 bits per heavy atom. The van der Waals surface area contributed by atoms with Crippen LogP contribution in [0.1, 0.15) is 21.7 Å². The average Bonchev–Trinajstić information content (AvgIpc) is 3.19. The lowest BCUT2D eigenvalue weighted by Crippen LogP contribution is -2.11. The summed E-state index contributed by atoms with van der Waals surface area (Å²) in [5.41, 5.74) is 2.06. The number of benzene rings is 2. The molecule has 0 atom stereocenters. The number of para-hydroxylation sites is 1. The van der Waals surface area contributed by atoms with Crippen LogP contribution in [0.5, 0.6) is 0 Å². The summed E-state index contributed by atoms with van der Waals surface area (Å²) >= 11 is 0. The Balaban J connectivity index is 1.51. The molecule has 1 heterocycles. The van der Waals surface area contributed by atoms with Gasteiger partial charge in [-0.25, -0.2) is 4.79 Å². The third-order valence-corrected chi connectivity index (χ3v) is 3.56. The number of esters is 1. The Hall–Kier alpha value is -3.60. The second kappa shape index (κ2) is 8.48. The molecule has 0 unspecified atom stereocenters. The van der Waals surface area contributed by atoms with Crippen LogP contribution in [0, 0.1) is 0 Å². The zero-order valence-corrected chi connectivity index (χ0v) is 13.9. The van der Waals surface area contributed by atoms with Gasteiger partial charge in [-0.1, -0.05) is 30.3 Å². The topological polar surface area (TPSA) is 68.5 Å². The van der Waals surface area contributed by atoms with E-state index in [1.54, 1.807) is 42.5 Å². The number of nitrogens with one attached hydrogen (secondary N) is 1. The summed E-state index contributed by atoms with van der Waals surface area (Å²) in [7, 11) is 0. The summed E-state index contributed by atoms with van der Waals surface area (Å²) in [5, 5.41) is 2.82. The van der Waals surface area contributed by atoms with E-state index in [0.717, 1.165) is 11.3 Å². The molecule has 0 aliphatic carbocycles. The molecule has 0 radical (unpaired) electrons. The van der Waals surface area contributed by atoms with Gasteiger partial charge in [0.15, 0.2) is 0 Å². The molecule has 0 bridgehead atoms. The summed E-state index contributed by atoms with van der Waals surface area (Å²) in [6.07, 6.45) is 4.38. The fourth-order valence-corrected chi connectivity index (χ4v) is 2.22. The number of carbonyl (C=O) groups excluding carboxylic acids is 2. The third-order valence-electron chi connectivity index (χ3n) is 3.56. The van der Waals surface area contributed by atoms with Crippen molar-refractivity contribution in [1.29, 1.82) is 0 Å². The first-order valence-electron chi connectivity index (χ1n) is 8.04. The molecule has 1 aromatic heterocycles. The molecule has 2 aromatic carbocycles. The molecule has 0 fully saturated rings. The van der Waals surface area contributed by atoms with Crippen molar-refractivity contribution >= 4 is 23.6 Å². The van der Waals surface area contributed by atoms with Crippen LogP contribution >= 0.6 is 0 Å². The molecule has 1 N–H and O–H groups in total. The van der Waals surface area contributed by atoms with Gasteiger partial charge in [0, 0.05) is 17.3 Å². The van der Waals surface area contributed by atoms with Crippen molar-refractivity contribution in [3.63, 3.8) is 0 Å². The van der Waals surface area contributed by atoms with Gasteiger partial charge in [-0.3, -0.25) is 4.79 Å². The van der Waals surface area contributed by atoms with Gasteiger partial charge >= 0.3 is 5.97 Å². The number of furan rings is 1. The molecule has 3 aromatic rings. The van der Waals surface area contributed by atoms with Gasteiger partial charge in [-0.05, 0) is 48.0 Å². The van der Waals surface area contributed by atoms with Crippen LogP contribution in [0.4, 0.5) is 5.69 Å². The summed E-state index contributed by atoms with van der Waals surface area (Å²) in [6.45, 7) is 0.127. The van der Waals surface area contributed by atoms with Crippen molar-refractivity contribution in [2.75, 3.05) is 5.32 Å². The summed E-state index contributed by atoms with van der Waals surface area (Å²) < 4.78 is 10.2. The van der Waals surface area contributed by atoms with Gasteiger partial charge in [0.05, 0.1) is 6.26 Å². The minimum Gasteiger partial charge on any atom is -0.465 e. The van der Waals surface area contributed by atoms with Crippen molar-refractivity contribution in [3.05, 3.63) is 96.0 Å². The molecule has 3 rings (SSSR count). The first-order valence-corrected chi connectivity index (χ1v) is 8.04. The molecule has 1 amide bonds. The second-order valence-corrected chi connectivity index (χ2v) is 5.47. The standard InChI is InChI=1S/C21H17NO4/c23-20(13-12-19-7-4-14-25-19)26-15-16-8-10-17(11-9-16)21(24)22-18-5-2-1-3-6-18/h1-14H,15H2,(H,22,24).